The van der Waals surface area contributed by atoms with Crippen LogP contribution < -0.4 is 9.46 Å². The summed E-state index contributed by atoms with van der Waals surface area (Å²) in [4.78, 5) is 10.3. The first-order valence-electron chi connectivity index (χ1n) is 7.78. The van der Waals surface area contributed by atoms with Crippen LogP contribution in [0.2, 0.25) is 0 Å². The fourth-order valence-electron chi connectivity index (χ4n) is 3.31. The van der Waals surface area contributed by atoms with Crippen LogP contribution in [0.15, 0.2) is 47.9 Å². The van der Waals surface area contributed by atoms with Gasteiger partial charge in [0.15, 0.2) is 16.1 Å². The van der Waals surface area contributed by atoms with Gasteiger partial charge in [-0.2, -0.15) is 0 Å². The molecule has 0 aliphatic carbocycles. The van der Waals surface area contributed by atoms with Crippen molar-refractivity contribution in [3.8, 4) is 5.75 Å². The van der Waals surface area contributed by atoms with Gasteiger partial charge in [0.05, 0.1) is 6.20 Å². The molecule has 0 aromatic carbocycles. The minimum atomic E-state index is -3.64. The van der Waals surface area contributed by atoms with Gasteiger partial charge in [-0.1, -0.05) is 4.21 Å². The Labute approximate surface area is 141 Å². The lowest BCUT2D eigenvalue weighted by Crippen LogP contribution is -2.54. The zero-order valence-corrected chi connectivity index (χ0v) is 13.9. The highest BCUT2D eigenvalue weighted by atomic mass is 32.3. The van der Waals surface area contributed by atoms with Crippen molar-refractivity contribution < 1.29 is 13.5 Å². The largest absolute Gasteiger partial charge is 0.593 e. The summed E-state index contributed by atoms with van der Waals surface area (Å²) < 4.78 is 34.0. The number of hydrogen-bond acceptors (Lipinski definition) is 6. The van der Waals surface area contributed by atoms with Crippen LogP contribution in [-0.4, -0.2) is 44.7 Å². The number of sulfonamides is 1. The number of likely N-dealkylation sites (tertiary alicyclic amines) is 1. The number of nitrogens with one attached hydrogen (secondary N) is 1. The molecule has 1 saturated heterocycles. The minimum absolute atomic E-state index is 0.106. The molecule has 1 N–H and O–H groups in total. The Bertz CT molecular complexity index is 788. The third-order valence-corrected chi connectivity index (χ3v) is 6.07. The smallest absolute Gasteiger partial charge is 0.235 e. The van der Waals surface area contributed by atoms with E-state index < -0.39 is 15.9 Å². The Hall–Kier alpha value is -1.87. The Morgan fingerprint density at radius 2 is 2.08 bits per heavy atom. The molecule has 0 saturated carbocycles. The van der Waals surface area contributed by atoms with Crippen molar-refractivity contribution in [2.24, 2.45) is 0 Å². The molecule has 2 unspecified atom stereocenters. The summed E-state index contributed by atoms with van der Waals surface area (Å²) in [7, 11) is -3.64. The van der Waals surface area contributed by atoms with Crippen LogP contribution in [0.1, 0.15) is 12.0 Å². The molecule has 2 atom stereocenters. The number of pyridine rings is 2. The first-order chi connectivity index (χ1) is 11.6. The number of rotatable bonds is 2. The highest BCUT2D eigenvalue weighted by molar-refractivity contribution is 7.96. The zero-order valence-electron chi connectivity index (χ0n) is 13.1. The summed E-state index contributed by atoms with van der Waals surface area (Å²) >= 11 is 0. The maximum Gasteiger partial charge on any atom is 0.235 e. The van der Waals surface area contributed by atoms with Gasteiger partial charge in [0, 0.05) is 44.3 Å². The van der Waals surface area contributed by atoms with E-state index in [4.69, 9.17) is 4.74 Å². The summed E-state index contributed by atoms with van der Waals surface area (Å²) in [6.45, 7) is 2.50. The van der Waals surface area contributed by atoms with E-state index in [1.807, 2.05) is 12.1 Å². The lowest BCUT2D eigenvalue weighted by Gasteiger charge is -2.28. The van der Waals surface area contributed by atoms with E-state index in [-0.39, 0.29) is 4.90 Å². The molecule has 2 aliphatic heterocycles. The second-order valence-electron chi connectivity index (χ2n) is 6.31. The molecule has 2 aromatic rings. The Balaban J connectivity index is 1.54. The predicted molar refractivity (Wildman–Crippen MR) is 86.8 cm³/mol. The molecule has 2 aromatic heterocycles. The van der Waals surface area contributed by atoms with Crippen molar-refractivity contribution in [3.63, 3.8) is 0 Å². The van der Waals surface area contributed by atoms with Crippen LogP contribution in [0.25, 0.3) is 0 Å². The monoisotopic (exact) mass is 346 g/mol. The van der Waals surface area contributed by atoms with Crippen LogP contribution in [-0.2, 0) is 21.2 Å². The van der Waals surface area contributed by atoms with Crippen molar-refractivity contribution in [3.05, 3.63) is 48.5 Å². The van der Waals surface area contributed by atoms with Crippen molar-refractivity contribution >= 4 is 10.4 Å². The molecule has 4 heterocycles. The number of nitrogens with zero attached hydrogens (tertiary/aromatic N) is 3. The molecule has 2 aliphatic rings. The SMILES string of the molecule is O=[S+]1([O-])NC2(CCN(Cc3ccncc3)C2)COc2ccncc21. The van der Waals surface area contributed by atoms with Crippen molar-refractivity contribution in [2.75, 3.05) is 19.7 Å². The zero-order chi connectivity index (χ0) is 16.6. The molecule has 1 spiro atoms. The fraction of sp³-hybridized carbons (Fsp3) is 0.375. The maximum absolute atomic E-state index is 12.7. The summed E-state index contributed by atoms with van der Waals surface area (Å²) in [5.41, 5.74) is 0.553. The van der Waals surface area contributed by atoms with Gasteiger partial charge >= 0.3 is 0 Å². The minimum Gasteiger partial charge on any atom is -0.593 e. The first kappa shape index (κ1) is 15.6. The van der Waals surface area contributed by atoms with E-state index in [0.29, 0.717) is 25.3 Å². The second-order valence-corrected chi connectivity index (χ2v) is 7.96. The van der Waals surface area contributed by atoms with Crippen LogP contribution >= 0.6 is 0 Å². The lowest BCUT2D eigenvalue weighted by atomic mass is 10.0. The first-order valence-corrected chi connectivity index (χ1v) is 9.27. The average Bonchev–Trinajstić information content (AvgIpc) is 2.91. The molecular weight excluding hydrogens is 328 g/mol. The highest BCUT2D eigenvalue weighted by Crippen LogP contribution is 2.34. The number of hydrogen-bond donors (Lipinski definition) is 1. The van der Waals surface area contributed by atoms with E-state index >= 15 is 0 Å². The molecular formula is C16H18N4O3S. The normalized spacial score (nSPS) is 29.9. The molecule has 0 bridgehead atoms. The number of fused-ring (bicyclic) bond motifs is 1. The molecule has 0 radical (unpaired) electrons. The Kier molecular flexibility index (Phi) is 3.84. The number of aromatic nitrogens is 2. The molecule has 1 fully saturated rings. The summed E-state index contributed by atoms with van der Waals surface area (Å²) in [6.07, 6.45) is 7.11. The van der Waals surface area contributed by atoms with Crippen molar-refractivity contribution in [1.29, 1.82) is 0 Å². The van der Waals surface area contributed by atoms with Crippen molar-refractivity contribution in [2.45, 2.75) is 23.4 Å². The van der Waals surface area contributed by atoms with Crippen LogP contribution in [0.5, 0.6) is 5.75 Å². The Morgan fingerprint density at radius 3 is 2.92 bits per heavy atom. The standard InChI is InChI=1S/C16H18N4O3S/c21-24(22)15-9-18-7-3-14(15)23-12-16(19-24)4-8-20(11-16)10-13-1-5-17-6-2-13/h1-3,5-7,9H,4,8,10-12H2,(H-,19,21,22). The molecule has 7 nitrogen and oxygen atoms in total. The molecule has 4 rings (SSSR count). The highest BCUT2D eigenvalue weighted by Gasteiger charge is 2.47. The average molecular weight is 346 g/mol. The van der Waals surface area contributed by atoms with Gasteiger partial charge < -0.3 is 9.29 Å². The predicted octanol–water partition coefficient (Wildman–Crippen LogP) is 1.01. The third kappa shape index (κ3) is 2.93. The maximum atomic E-state index is 12.7. The van der Waals surface area contributed by atoms with Gasteiger partial charge in [0.1, 0.15) is 12.1 Å². The fourth-order valence-corrected chi connectivity index (χ4v) is 4.81. The number of ether oxygens (including phenoxy) is 1. The molecule has 126 valence electrons. The van der Waals surface area contributed by atoms with E-state index in [9.17, 15) is 8.76 Å². The molecule has 24 heavy (non-hydrogen) atoms. The lowest BCUT2D eigenvalue weighted by molar-refractivity contribution is 0.198. The van der Waals surface area contributed by atoms with Crippen LogP contribution in [0, 0.1) is 0 Å². The van der Waals surface area contributed by atoms with Crippen molar-refractivity contribution in [1.82, 2.24) is 19.6 Å². The molecule has 8 heteroatoms. The van der Waals surface area contributed by atoms with Gasteiger partial charge in [-0.05, 0) is 24.1 Å². The summed E-state index contributed by atoms with van der Waals surface area (Å²) in [5, 5.41) is 0. The van der Waals surface area contributed by atoms with Gasteiger partial charge in [0.25, 0.3) is 0 Å². The second kappa shape index (κ2) is 5.89. The quantitative estimate of drug-likeness (QED) is 0.816. The van der Waals surface area contributed by atoms with Gasteiger partial charge in [0.2, 0.25) is 4.90 Å². The van der Waals surface area contributed by atoms with Gasteiger partial charge in [-0.3, -0.25) is 14.9 Å². The molecule has 0 amide bonds. The summed E-state index contributed by atoms with van der Waals surface area (Å²) in [6, 6.07) is 5.54. The summed E-state index contributed by atoms with van der Waals surface area (Å²) in [5.74, 6) is 0.363. The van der Waals surface area contributed by atoms with Gasteiger partial charge in [-0.15, -0.1) is 4.72 Å². The van der Waals surface area contributed by atoms with Crippen LogP contribution in [0.3, 0.4) is 0 Å². The van der Waals surface area contributed by atoms with E-state index in [1.165, 1.54) is 12.4 Å². The third-order valence-electron chi connectivity index (χ3n) is 4.48. The van der Waals surface area contributed by atoms with E-state index in [1.54, 1.807) is 18.5 Å². The Morgan fingerprint density at radius 1 is 1.29 bits per heavy atom. The van der Waals surface area contributed by atoms with E-state index in [0.717, 1.165) is 18.7 Å². The topological polar surface area (TPSA) is 90.4 Å². The van der Waals surface area contributed by atoms with Gasteiger partial charge in [-0.25, -0.2) is 0 Å². The van der Waals surface area contributed by atoms with E-state index in [2.05, 4.69) is 19.6 Å². The van der Waals surface area contributed by atoms with Crippen LogP contribution in [0.4, 0.5) is 0 Å².